The Labute approximate surface area is 185 Å². The lowest BCUT2D eigenvalue weighted by Crippen LogP contribution is -2.41. The van der Waals surface area contributed by atoms with E-state index in [9.17, 15) is 9.59 Å². The number of fused-ring (bicyclic) bond motifs is 1. The zero-order chi connectivity index (χ0) is 21.8. The van der Waals surface area contributed by atoms with Crippen molar-refractivity contribution in [1.29, 1.82) is 0 Å². The fraction of sp³-hybridized carbons (Fsp3) is 0.577. The molecule has 166 valence electrons. The number of hydrogen-bond donors (Lipinski definition) is 1. The number of Topliss-reactive ketones (excluding diaryl/α,β-unsaturated/α-hetero) is 1. The Kier molecular flexibility index (Phi) is 6.89. The number of amides is 1. The predicted molar refractivity (Wildman–Crippen MR) is 122 cm³/mol. The molecule has 2 aliphatic rings. The molecule has 0 spiro atoms. The van der Waals surface area contributed by atoms with Crippen molar-refractivity contribution in [2.45, 2.75) is 96.1 Å². The summed E-state index contributed by atoms with van der Waals surface area (Å²) in [6.07, 6.45) is 15.2. The highest BCUT2D eigenvalue weighted by Crippen LogP contribution is 2.33. The number of imidazole rings is 1. The topological polar surface area (TPSA) is 64.0 Å². The maximum absolute atomic E-state index is 13.7. The van der Waals surface area contributed by atoms with Crippen molar-refractivity contribution in [2.24, 2.45) is 0 Å². The van der Waals surface area contributed by atoms with E-state index < -0.39 is 6.04 Å². The van der Waals surface area contributed by atoms with Gasteiger partial charge in [0.1, 0.15) is 6.04 Å². The van der Waals surface area contributed by atoms with Gasteiger partial charge >= 0.3 is 0 Å². The molecule has 1 saturated carbocycles. The summed E-state index contributed by atoms with van der Waals surface area (Å²) in [6, 6.07) is 4.01. The third-order valence-electron chi connectivity index (χ3n) is 6.98. The number of carbonyl (C=O) groups excluding carboxylic acids is 2. The normalized spacial score (nSPS) is 17.9. The molecular formula is C26H35N3O2. The van der Waals surface area contributed by atoms with E-state index in [-0.39, 0.29) is 30.1 Å². The summed E-state index contributed by atoms with van der Waals surface area (Å²) in [5.41, 5.74) is 4.52. The van der Waals surface area contributed by atoms with Gasteiger partial charge in [-0.1, -0.05) is 45.2 Å². The van der Waals surface area contributed by atoms with Gasteiger partial charge in [-0.05, 0) is 61.1 Å². The molecule has 1 heterocycles. The van der Waals surface area contributed by atoms with Crippen LogP contribution in [0, 0.1) is 0 Å². The van der Waals surface area contributed by atoms with Crippen LogP contribution >= 0.6 is 0 Å². The van der Waals surface area contributed by atoms with E-state index in [2.05, 4.69) is 36.3 Å². The zero-order valence-electron chi connectivity index (χ0n) is 18.9. The summed E-state index contributed by atoms with van der Waals surface area (Å²) in [5, 5.41) is 3.22. The Bertz CT molecular complexity index is 911. The molecule has 0 bridgehead atoms. The molecule has 0 aliphatic heterocycles. The minimum Gasteiger partial charge on any atom is -0.352 e. The van der Waals surface area contributed by atoms with Crippen LogP contribution in [0.15, 0.2) is 30.9 Å². The molecule has 1 amide bonds. The van der Waals surface area contributed by atoms with Crippen LogP contribution in [0.25, 0.3) is 0 Å². The Hall–Kier alpha value is -2.43. The Morgan fingerprint density at radius 2 is 1.87 bits per heavy atom. The summed E-state index contributed by atoms with van der Waals surface area (Å²) in [5.74, 6) is 0.294. The van der Waals surface area contributed by atoms with Crippen LogP contribution in [-0.4, -0.2) is 27.3 Å². The van der Waals surface area contributed by atoms with Crippen LogP contribution in [0.4, 0.5) is 0 Å². The number of ketones is 1. The predicted octanol–water partition coefficient (Wildman–Crippen LogP) is 5.15. The minimum absolute atomic E-state index is 0.0610. The standard InChI is InChI=1S/C26H35N3O2/c1-18(2)21-13-12-19-8-6-7-11-22(19)25(21)24(30)16-23(29-15-14-27-17-29)26(31)28-20-9-4-3-5-10-20/h12-15,17-18,20,23H,3-11,16H2,1-2H3,(H,28,31). The second kappa shape index (κ2) is 9.80. The molecule has 0 saturated heterocycles. The first-order chi connectivity index (χ1) is 15.0. The average Bonchev–Trinajstić information content (AvgIpc) is 3.31. The number of hydrogen-bond acceptors (Lipinski definition) is 3. The largest absolute Gasteiger partial charge is 0.352 e. The summed E-state index contributed by atoms with van der Waals surface area (Å²) < 4.78 is 1.79. The molecule has 1 unspecified atom stereocenters. The first kappa shape index (κ1) is 21.8. The van der Waals surface area contributed by atoms with Crippen LogP contribution in [-0.2, 0) is 17.6 Å². The first-order valence-electron chi connectivity index (χ1n) is 12.0. The molecule has 1 fully saturated rings. The molecule has 31 heavy (non-hydrogen) atoms. The minimum atomic E-state index is -0.559. The van der Waals surface area contributed by atoms with E-state index in [0.29, 0.717) is 0 Å². The molecular weight excluding hydrogens is 386 g/mol. The van der Waals surface area contributed by atoms with Crippen LogP contribution in [0.2, 0.25) is 0 Å². The van der Waals surface area contributed by atoms with Crippen molar-refractivity contribution in [3.05, 3.63) is 53.1 Å². The van der Waals surface area contributed by atoms with Crippen LogP contribution in [0.3, 0.4) is 0 Å². The lowest BCUT2D eigenvalue weighted by atomic mass is 9.81. The molecule has 4 rings (SSSR count). The van der Waals surface area contributed by atoms with E-state index in [4.69, 9.17) is 0 Å². The highest BCUT2D eigenvalue weighted by atomic mass is 16.2. The smallest absolute Gasteiger partial charge is 0.243 e. The first-order valence-corrected chi connectivity index (χ1v) is 12.0. The van der Waals surface area contributed by atoms with Crippen molar-refractivity contribution in [3.63, 3.8) is 0 Å². The monoisotopic (exact) mass is 421 g/mol. The number of nitrogens with one attached hydrogen (secondary N) is 1. The van der Waals surface area contributed by atoms with E-state index >= 15 is 0 Å². The molecule has 1 aromatic heterocycles. The summed E-state index contributed by atoms with van der Waals surface area (Å²) in [6.45, 7) is 4.29. The fourth-order valence-corrected chi connectivity index (χ4v) is 5.27. The van der Waals surface area contributed by atoms with Gasteiger partial charge in [-0.15, -0.1) is 0 Å². The van der Waals surface area contributed by atoms with Gasteiger partial charge in [0.25, 0.3) is 0 Å². The molecule has 5 nitrogen and oxygen atoms in total. The van der Waals surface area contributed by atoms with Gasteiger partial charge in [-0.3, -0.25) is 9.59 Å². The molecule has 1 atom stereocenters. The van der Waals surface area contributed by atoms with Crippen molar-refractivity contribution < 1.29 is 9.59 Å². The fourth-order valence-electron chi connectivity index (χ4n) is 5.27. The Morgan fingerprint density at radius 3 is 2.58 bits per heavy atom. The zero-order valence-corrected chi connectivity index (χ0v) is 18.9. The molecule has 1 aromatic carbocycles. The van der Waals surface area contributed by atoms with E-state index in [0.717, 1.165) is 56.1 Å². The number of nitrogens with zero attached hydrogens (tertiary/aromatic N) is 2. The van der Waals surface area contributed by atoms with Gasteiger partial charge in [0.05, 0.1) is 6.33 Å². The maximum atomic E-state index is 13.7. The summed E-state index contributed by atoms with van der Waals surface area (Å²) in [4.78, 5) is 31.1. The second-order valence-electron chi connectivity index (χ2n) is 9.53. The van der Waals surface area contributed by atoms with E-state index in [1.54, 1.807) is 23.3 Å². The Balaban J connectivity index is 1.61. The lowest BCUT2D eigenvalue weighted by Gasteiger charge is -2.27. The van der Waals surface area contributed by atoms with Crippen molar-refractivity contribution in [1.82, 2.24) is 14.9 Å². The second-order valence-corrected chi connectivity index (χ2v) is 9.53. The van der Waals surface area contributed by atoms with Gasteiger partial charge in [-0.25, -0.2) is 4.98 Å². The van der Waals surface area contributed by atoms with Crippen LogP contribution < -0.4 is 5.32 Å². The number of rotatable bonds is 7. The SMILES string of the molecule is CC(C)c1ccc2c(c1C(=O)CC(C(=O)NC1CCCCC1)n1ccnc1)CCCC2. The lowest BCUT2D eigenvalue weighted by molar-refractivity contribution is -0.125. The van der Waals surface area contributed by atoms with Gasteiger partial charge in [0, 0.05) is 30.4 Å². The quantitative estimate of drug-likeness (QED) is 0.629. The van der Waals surface area contributed by atoms with E-state index in [1.165, 1.54) is 24.0 Å². The van der Waals surface area contributed by atoms with Crippen molar-refractivity contribution in [2.75, 3.05) is 0 Å². The van der Waals surface area contributed by atoms with Crippen molar-refractivity contribution >= 4 is 11.7 Å². The molecule has 5 heteroatoms. The molecule has 1 N–H and O–H groups in total. The van der Waals surface area contributed by atoms with Crippen LogP contribution in [0.1, 0.15) is 104 Å². The summed E-state index contributed by atoms with van der Waals surface area (Å²) in [7, 11) is 0. The molecule has 2 aliphatic carbocycles. The third kappa shape index (κ3) is 4.91. The van der Waals surface area contributed by atoms with Gasteiger partial charge in [0.15, 0.2) is 5.78 Å². The van der Waals surface area contributed by atoms with Gasteiger partial charge in [0.2, 0.25) is 5.91 Å². The van der Waals surface area contributed by atoms with Gasteiger partial charge in [-0.2, -0.15) is 0 Å². The third-order valence-corrected chi connectivity index (χ3v) is 6.98. The Morgan fingerprint density at radius 1 is 1.10 bits per heavy atom. The number of aromatic nitrogens is 2. The van der Waals surface area contributed by atoms with Gasteiger partial charge < -0.3 is 9.88 Å². The highest BCUT2D eigenvalue weighted by molar-refractivity contribution is 6.02. The highest BCUT2D eigenvalue weighted by Gasteiger charge is 2.30. The average molecular weight is 422 g/mol. The molecule has 0 radical (unpaired) electrons. The maximum Gasteiger partial charge on any atom is 0.243 e. The summed E-state index contributed by atoms with van der Waals surface area (Å²) >= 11 is 0. The number of aryl methyl sites for hydroxylation is 1. The van der Waals surface area contributed by atoms with E-state index in [1.807, 2.05) is 0 Å². The van der Waals surface area contributed by atoms with Crippen molar-refractivity contribution in [3.8, 4) is 0 Å². The number of benzene rings is 1. The molecule has 2 aromatic rings. The van der Waals surface area contributed by atoms with Crippen LogP contribution in [0.5, 0.6) is 0 Å². The number of carbonyl (C=O) groups is 2.